The van der Waals surface area contributed by atoms with Crippen LogP contribution in [0.5, 0.6) is 0 Å². The van der Waals surface area contributed by atoms with E-state index in [1.807, 2.05) is 12.1 Å². The Kier molecular flexibility index (Phi) is 5.76. The summed E-state index contributed by atoms with van der Waals surface area (Å²) in [6.45, 7) is 4.91. The van der Waals surface area contributed by atoms with Crippen molar-refractivity contribution in [2.75, 3.05) is 6.54 Å². The molecular weight excluding hydrogens is 269 g/mol. The summed E-state index contributed by atoms with van der Waals surface area (Å²) >= 11 is 12.1. The highest BCUT2D eigenvalue weighted by atomic mass is 35.5. The zero-order valence-electron chi connectivity index (χ0n) is 10.7. The van der Waals surface area contributed by atoms with E-state index < -0.39 is 0 Å². The minimum Gasteiger partial charge on any atom is -0.370 e. The number of hydrogen-bond acceptors (Lipinski definition) is 1. The van der Waals surface area contributed by atoms with Gasteiger partial charge in [-0.2, -0.15) is 0 Å². The van der Waals surface area contributed by atoms with Crippen molar-refractivity contribution in [1.82, 2.24) is 0 Å². The van der Waals surface area contributed by atoms with E-state index >= 15 is 0 Å². The van der Waals surface area contributed by atoms with Crippen molar-refractivity contribution in [2.24, 2.45) is 28.3 Å². The summed E-state index contributed by atoms with van der Waals surface area (Å²) in [6, 6.07) is 5.56. The molecule has 0 fully saturated rings. The van der Waals surface area contributed by atoms with Crippen LogP contribution in [0.3, 0.4) is 0 Å². The quantitative estimate of drug-likeness (QED) is 0.646. The van der Waals surface area contributed by atoms with E-state index in [9.17, 15) is 0 Å². The lowest BCUT2D eigenvalue weighted by atomic mass is 9.89. The molecule has 0 aliphatic carbocycles. The Morgan fingerprint density at radius 2 is 1.94 bits per heavy atom. The van der Waals surface area contributed by atoms with Crippen LogP contribution in [-0.4, -0.2) is 12.5 Å². The summed E-state index contributed by atoms with van der Waals surface area (Å²) in [6.07, 6.45) is 0.838. The Balaban J connectivity index is 2.80. The van der Waals surface area contributed by atoms with Crippen molar-refractivity contribution in [3.63, 3.8) is 0 Å². The van der Waals surface area contributed by atoms with Crippen LogP contribution < -0.4 is 11.5 Å². The molecule has 0 aliphatic heterocycles. The third kappa shape index (κ3) is 4.75. The molecule has 0 amide bonds. The van der Waals surface area contributed by atoms with Crippen LogP contribution in [0.15, 0.2) is 23.2 Å². The minimum atomic E-state index is 0.128. The van der Waals surface area contributed by atoms with Gasteiger partial charge in [0.2, 0.25) is 0 Å². The highest BCUT2D eigenvalue weighted by molar-refractivity contribution is 6.35. The molecule has 0 aromatic heterocycles. The van der Waals surface area contributed by atoms with Gasteiger partial charge in [0.1, 0.15) is 0 Å². The second-order valence-corrected chi connectivity index (χ2v) is 5.55. The van der Waals surface area contributed by atoms with E-state index in [4.69, 9.17) is 34.7 Å². The molecule has 3 nitrogen and oxygen atoms in total. The summed E-state index contributed by atoms with van der Waals surface area (Å²) in [5, 5.41) is 1.34. The molecule has 0 aliphatic rings. The number of hydrogen-bond donors (Lipinski definition) is 2. The SMILES string of the molecule is CC(C)C(CN=C(N)N)Cc1ccc(Cl)cc1Cl. The van der Waals surface area contributed by atoms with Crippen LogP contribution in [0.4, 0.5) is 0 Å². The predicted molar refractivity (Wildman–Crippen MR) is 79.2 cm³/mol. The fraction of sp³-hybridized carbons (Fsp3) is 0.462. The molecule has 0 spiro atoms. The lowest BCUT2D eigenvalue weighted by Gasteiger charge is -2.19. The lowest BCUT2D eigenvalue weighted by Crippen LogP contribution is -2.25. The zero-order chi connectivity index (χ0) is 13.7. The van der Waals surface area contributed by atoms with E-state index in [-0.39, 0.29) is 5.96 Å². The summed E-state index contributed by atoms with van der Waals surface area (Å²) < 4.78 is 0. The van der Waals surface area contributed by atoms with Crippen molar-refractivity contribution < 1.29 is 0 Å². The van der Waals surface area contributed by atoms with Gasteiger partial charge in [0, 0.05) is 16.6 Å². The monoisotopic (exact) mass is 287 g/mol. The lowest BCUT2D eigenvalue weighted by molar-refractivity contribution is 0.392. The van der Waals surface area contributed by atoms with Crippen LogP contribution >= 0.6 is 23.2 Å². The van der Waals surface area contributed by atoms with Gasteiger partial charge in [-0.05, 0) is 36.0 Å². The molecule has 1 aromatic rings. The molecule has 1 rings (SSSR count). The van der Waals surface area contributed by atoms with Gasteiger partial charge in [-0.1, -0.05) is 43.1 Å². The van der Waals surface area contributed by atoms with E-state index in [0.717, 1.165) is 12.0 Å². The normalized spacial score (nSPS) is 12.5. The molecular formula is C13H19Cl2N3. The van der Waals surface area contributed by atoms with Gasteiger partial charge < -0.3 is 11.5 Å². The molecule has 0 bridgehead atoms. The molecule has 1 aromatic carbocycles. The second-order valence-electron chi connectivity index (χ2n) is 4.71. The maximum absolute atomic E-state index is 6.17. The fourth-order valence-electron chi connectivity index (χ4n) is 1.70. The minimum absolute atomic E-state index is 0.128. The Bertz CT molecular complexity index is 426. The third-order valence-electron chi connectivity index (χ3n) is 2.95. The summed E-state index contributed by atoms with van der Waals surface area (Å²) in [4.78, 5) is 4.09. The van der Waals surface area contributed by atoms with Crippen LogP contribution in [0, 0.1) is 11.8 Å². The van der Waals surface area contributed by atoms with Gasteiger partial charge in [0.15, 0.2) is 5.96 Å². The van der Waals surface area contributed by atoms with Gasteiger partial charge in [0.25, 0.3) is 0 Å². The average Bonchev–Trinajstić information content (AvgIpc) is 2.26. The number of nitrogens with two attached hydrogens (primary N) is 2. The fourth-order valence-corrected chi connectivity index (χ4v) is 2.19. The van der Waals surface area contributed by atoms with Gasteiger partial charge in [-0.25, -0.2) is 0 Å². The number of rotatable bonds is 5. The van der Waals surface area contributed by atoms with Crippen LogP contribution in [-0.2, 0) is 6.42 Å². The van der Waals surface area contributed by atoms with Crippen molar-refractivity contribution >= 4 is 29.2 Å². The van der Waals surface area contributed by atoms with Crippen LogP contribution in [0.2, 0.25) is 10.0 Å². The van der Waals surface area contributed by atoms with Crippen molar-refractivity contribution in [3.8, 4) is 0 Å². The topological polar surface area (TPSA) is 64.4 Å². The third-order valence-corrected chi connectivity index (χ3v) is 3.54. The maximum atomic E-state index is 6.17. The largest absolute Gasteiger partial charge is 0.370 e. The highest BCUT2D eigenvalue weighted by Gasteiger charge is 2.15. The average molecular weight is 288 g/mol. The molecule has 18 heavy (non-hydrogen) atoms. The van der Waals surface area contributed by atoms with E-state index in [1.165, 1.54) is 0 Å². The summed E-state index contributed by atoms with van der Waals surface area (Å²) in [7, 11) is 0. The molecule has 0 saturated carbocycles. The maximum Gasteiger partial charge on any atom is 0.185 e. The van der Waals surface area contributed by atoms with Crippen molar-refractivity contribution in [3.05, 3.63) is 33.8 Å². The Morgan fingerprint density at radius 3 is 2.44 bits per heavy atom. The number of aliphatic imine (C=N–C) groups is 1. The standard InChI is InChI=1S/C13H19Cl2N3/c1-8(2)10(7-18-13(16)17)5-9-3-4-11(14)6-12(9)15/h3-4,6,8,10H,5,7H2,1-2H3,(H4,16,17,18). The molecule has 5 heteroatoms. The van der Waals surface area contributed by atoms with E-state index in [1.54, 1.807) is 6.07 Å². The summed E-state index contributed by atoms with van der Waals surface area (Å²) in [5.74, 6) is 0.952. The number of nitrogens with zero attached hydrogens (tertiary/aromatic N) is 1. The van der Waals surface area contributed by atoms with E-state index in [2.05, 4.69) is 18.8 Å². The smallest absolute Gasteiger partial charge is 0.185 e. The molecule has 1 atom stereocenters. The van der Waals surface area contributed by atoms with Crippen molar-refractivity contribution in [1.29, 1.82) is 0 Å². The van der Waals surface area contributed by atoms with Gasteiger partial charge in [0.05, 0.1) is 0 Å². The molecule has 0 radical (unpaired) electrons. The second kappa shape index (κ2) is 6.86. The van der Waals surface area contributed by atoms with E-state index in [0.29, 0.717) is 28.4 Å². The molecule has 0 saturated heterocycles. The first-order chi connectivity index (χ1) is 8.40. The van der Waals surface area contributed by atoms with Crippen molar-refractivity contribution in [2.45, 2.75) is 20.3 Å². The predicted octanol–water partition coefficient (Wildman–Crippen LogP) is 3.08. The first-order valence-corrected chi connectivity index (χ1v) is 6.65. The van der Waals surface area contributed by atoms with Gasteiger partial charge in [-0.15, -0.1) is 0 Å². The van der Waals surface area contributed by atoms with Crippen LogP contribution in [0.1, 0.15) is 19.4 Å². The molecule has 0 heterocycles. The Labute approximate surface area is 118 Å². The molecule has 4 N–H and O–H groups in total. The molecule has 100 valence electrons. The van der Waals surface area contributed by atoms with Gasteiger partial charge in [-0.3, -0.25) is 4.99 Å². The number of guanidine groups is 1. The molecule has 1 unspecified atom stereocenters. The number of benzene rings is 1. The summed E-state index contributed by atoms with van der Waals surface area (Å²) in [5.41, 5.74) is 11.8. The zero-order valence-corrected chi connectivity index (χ0v) is 12.2. The van der Waals surface area contributed by atoms with Crippen LogP contribution in [0.25, 0.3) is 0 Å². The first kappa shape index (κ1) is 15.1. The van der Waals surface area contributed by atoms with Gasteiger partial charge >= 0.3 is 0 Å². The Morgan fingerprint density at radius 1 is 1.28 bits per heavy atom. The highest BCUT2D eigenvalue weighted by Crippen LogP contribution is 2.26. The first-order valence-electron chi connectivity index (χ1n) is 5.89. The number of halogens is 2. The Hall–Kier alpha value is -0.930.